The Balaban J connectivity index is 1.98. The third-order valence-corrected chi connectivity index (χ3v) is 6.65. The van der Waals surface area contributed by atoms with Crippen molar-refractivity contribution >= 4 is 17.6 Å². The van der Waals surface area contributed by atoms with Crippen molar-refractivity contribution in [1.82, 2.24) is 4.90 Å². The summed E-state index contributed by atoms with van der Waals surface area (Å²) in [5.74, 6) is -0.0673. The van der Waals surface area contributed by atoms with E-state index < -0.39 is 18.2 Å². The maximum Gasteiger partial charge on any atom is 0.342 e. The minimum atomic E-state index is -0.723. The maximum atomic E-state index is 13.5. The first-order valence-electron chi connectivity index (χ1n) is 14.7. The number of allylic oxidation sites excluding steroid dienone is 1. The molecule has 11 heteroatoms. The van der Waals surface area contributed by atoms with E-state index in [1.54, 1.807) is 48.3 Å². The highest BCUT2D eigenvalue weighted by atomic mass is 16.7. The molecule has 2 aliphatic heterocycles. The second-order valence-corrected chi connectivity index (χ2v) is 10.0. The van der Waals surface area contributed by atoms with E-state index in [4.69, 9.17) is 28.5 Å². The molecule has 2 heterocycles. The number of esters is 1. The Labute approximate surface area is 248 Å². The summed E-state index contributed by atoms with van der Waals surface area (Å²) >= 11 is 0. The molecule has 1 N–H and O–H groups in total. The van der Waals surface area contributed by atoms with Crippen LogP contribution < -0.4 is 9.47 Å². The second-order valence-electron chi connectivity index (χ2n) is 10.0. The molecule has 0 radical (unpaired) electrons. The zero-order valence-electron chi connectivity index (χ0n) is 24.9. The fourth-order valence-electron chi connectivity index (χ4n) is 4.46. The van der Waals surface area contributed by atoms with Crippen LogP contribution in [0.1, 0.15) is 68.8 Å². The molecule has 3 rings (SSSR count). The minimum Gasteiger partial charge on any atom is -0.467 e. The summed E-state index contributed by atoms with van der Waals surface area (Å²) in [6.07, 6.45) is 9.71. The van der Waals surface area contributed by atoms with Crippen molar-refractivity contribution in [3.05, 3.63) is 47.6 Å². The molecule has 2 aliphatic rings. The highest BCUT2D eigenvalue weighted by molar-refractivity contribution is 6.00. The van der Waals surface area contributed by atoms with Crippen molar-refractivity contribution in [3.8, 4) is 11.5 Å². The number of aliphatic hydroxyl groups excluding tert-OH is 1. The van der Waals surface area contributed by atoms with Gasteiger partial charge in [0.05, 0.1) is 11.8 Å². The van der Waals surface area contributed by atoms with E-state index in [1.165, 1.54) is 0 Å². The molecule has 0 spiro atoms. The van der Waals surface area contributed by atoms with Crippen LogP contribution >= 0.6 is 0 Å². The molecule has 1 fully saturated rings. The van der Waals surface area contributed by atoms with Gasteiger partial charge in [-0.05, 0) is 64.2 Å². The SMILES string of the molecule is CCOCOc1cc2c(c(OCOCC)c1)C(=O)O[C@H](C)C/C=C/[C@@H](O)C/C=C/C(=NOCC(=O)N1CCCCC1)C2. The van der Waals surface area contributed by atoms with Crippen LogP contribution in [0.2, 0.25) is 0 Å². The summed E-state index contributed by atoms with van der Waals surface area (Å²) in [7, 11) is 0. The number of likely N-dealkylation sites (tertiary alicyclic amines) is 1. The van der Waals surface area contributed by atoms with Gasteiger partial charge in [0.15, 0.2) is 20.2 Å². The van der Waals surface area contributed by atoms with Gasteiger partial charge in [-0.15, -0.1) is 0 Å². The second kappa shape index (κ2) is 18.2. The largest absolute Gasteiger partial charge is 0.467 e. The van der Waals surface area contributed by atoms with Crippen LogP contribution in [0.25, 0.3) is 0 Å². The summed E-state index contributed by atoms with van der Waals surface area (Å²) in [4.78, 5) is 33.5. The third kappa shape index (κ3) is 11.1. The number of benzene rings is 1. The van der Waals surface area contributed by atoms with E-state index in [0.717, 1.165) is 19.3 Å². The molecular formula is C31H44N2O9. The Kier molecular flexibility index (Phi) is 14.3. The maximum absolute atomic E-state index is 13.5. The first kappa shape index (κ1) is 33.1. The predicted molar refractivity (Wildman–Crippen MR) is 157 cm³/mol. The van der Waals surface area contributed by atoms with Crippen LogP contribution in [0.4, 0.5) is 0 Å². The number of cyclic esters (lactones) is 1. The minimum absolute atomic E-state index is 0.00840. The summed E-state index contributed by atoms with van der Waals surface area (Å²) in [5.41, 5.74) is 1.14. The Hall–Kier alpha value is -3.41. The molecular weight excluding hydrogens is 544 g/mol. The quantitative estimate of drug-likeness (QED) is 0.133. The highest BCUT2D eigenvalue weighted by Gasteiger charge is 2.24. The topological polar surface area (TPSA) is 125 Å². The fourth-order valence-corrected chi connectivity index (χ4v) is 4.46. The van der Waals surface area contributed by atoms with Gasteiger partial charge in [0.2, 0.25) is 0 Å². The number of nitrogens with zero attached hydrogens (tertiary/aromatic N) is 2. The molecule has 1 saturated heterocycles. The number of hydrogen-bond donors (Lipinski definition) is 1. The molecule has 11 nitrogen and oxygen atoms in total. The number of carbonyl (C=O) groups is 2. The summed E-state index contributed by atoms with van der Waals surface area (Å²) in [5, 5.41) is 14.6. The van der Waals surface area contributed by atoms with Crippen LogP contribution in [0.5, 0.6) is 11.5 Å². The number of aliphatic hydroxyl groups is 1. The van der Waals surface area contributed by atoms with Gasteiger partial charge < -0.3 is 38.5 Å². The number of hydrogen-bond acceptors (Lipinski definition) is 10. The Morgan fingerprint density at radius 1 is 1.05 bits per heavy atom. The lowest BCUT2D eigenvalue weighted by Gasteiger charge is -2.26. The van der Waals surface area contributed by atoms with Gasteiger partial charge in [0.25, 0.3) is 5.91 Å². The molecule has 0 bridgehead atoms. The Morgan fingerprint density at radius 2 is 1.79 bits per heavy atom. The van der Waals surface area contributed by atoms with Crippen molar-refractivity contribution < 1.29 is 43.2 Å². The summed E-state index contributed by atoms with van der Waals surface area (Å²) < 4.78 is 28.1. The first-order valence-corrected chi connectivity index (χ1v) is 14.7. The molecule has 1 aromatic carbocycles. The zero-order chi connectivity index (χ0) is 30.2. The molecule has 0 saturated carbocycles. The fraction of sp³-hybridized carbons (Fsp3) is 0.581. The number of fused-ring (bicyclic) bond motifs is 1. The zero-order valence-corrected chi connectivity index (χ0v) is 24.9. The van der Waals surface area contributed by atoms with Crippen LogP contribution in [0.15, 0.2) is 41.6 Å². The average Bonchev–Trinajstić information content (AvgIpc) is 2.97. The number of amides is 1. The lowest BCUT2D eigenvalue weighted by molar-refractivity contribution is -0.137. The molecule has 0 unspecified atom stereocenters. The number of piperidine rings is 1. The Bertz CT molecular complexity index is 1100. The Morgan fingerprint density at radius 3 is 2.52 bits per heavy atom. The lowest BCUT2D eigenvalue weighted by atomic mass is 9.99. The van der Waals surface area contributed by atoms with E-state index in [2.05, 4.69) is 5.16 Å². The molecule has 2 atom stereocenters. The first-order chi connectivity index (χ1) is 20.4. The summed E-state index contributed by atoms with van der Waals surface area (Å²) in [6.45, 7) is 7.54. The van der Waals surface area contributed by atoms with Crippen molar-refractivity contribution in [2.75, 3.05) is 46.5 Å². The number of oxime groups is 1. The van der Waals surface area contributed by atoms with Crippen molar-refractivity contribution in [1.29, 1.82) is 0 Å². The molecule has 0 aliphatic carbocycles. The molecule has 0 aromatic heterocycles. The molecule has 1 aromatic rings. The standard InChI is InChI=1S/C31H44N2O9/c1-4-37-21-39-27-18-24-17-25(32-41-20-29(35)33-15-7-6-8-16-33)12-10-14-26(34)13-9-11-23(3)42-31(36)30(24)28(19-27)40-22-38-5-2/h9-10,12-13,18-19,23,26,34H,4-8,11,14-17,20-22H2,1-3H3/b12-10+,13-9+,32-25?/t23-,26-/m1/s1. The van der Waals surface area contributed by atoms with Crippen LogP contribution in [-0.4, -0.2) is 86.3 Å². The van der Waals surface area contributed by atoms with Gasteiger partial charge in [0, 0.05) is 45.2 Å². The molecule has 232 valence electrons. The van der Waals surface area contributed by atoms with Crippen LogP contribution in [0, 0.1) is 0 Å². The van der Waals surface area contributed by atoms with E-state index in [0.29, 0.717) is 56.2 Å². The van der Waals surface area contributed by atoms with Crippen LogP contribution in [0.3, 0.4) is 0 Å². The molecule has 42 heavy (non-hydrogen) atoms. The lowest BCUT2D eigenvalue weighted by Crippen LogP contribution is -2.37. The monoisotopic (exact) mass is 588 g/mol. The smallest absolute Gasteiger partial charge is 0.342 e. The van der Waals surface area contributed by atoms with E-state index in [9.17, 15) is 14.7 Å². The van der Waals surface area contributed by atoms with Gasteiger partial charge in [-0.3, -0.25) is 4.79 Å². The van der Waals surface area contributed by atoms with E-state index in [-0.39, 0.29) is 43.8 Å². The highest BCUT2D eigenvalue weighted by Crippen LogP contribution is 2.32. The number of rotatable bonds is 11. The summed E-state index contributed by atoms with van der Waals surface area (Å²) in [6, 6.07) is 3.30. The van der Waals surface area contributed by atoms with Crippen molar-refractivity contribution in [3.63, 3.8) is 0 Å². The third-order valence-electron chi connectivity index (χ3n) is 6.65. The van der Waals surface area contributed by atoms with Gasteiger partial charge in [0.1, 0.15) is 23.2 Å². The normalized spacial score (nSPS) is 22.4. The van der Waals surface area contributed by atoms with Crippen molar-refractivity contribution in [2.45, 2.75) is 71.5 Å². The van der Waals surface area contributed by atoms with Gasteiger partial charge in [-0.1, -0.05) is 23.4 Å². The number of carbonyl (C=O) groups excluding carboxylic acids is 2. The molecule has 1 amide bonds. The van der Waals surface area contributed by atoms with E-state index >= 15 is 0 Å². The predicted octanol–water partition coefficient (Wildman–Crippen LogP) is 4.17. The van der Waals surface area contributed by atoms with Gasteiger partial charge in [-0.2, -0.15) is 0 Å². The van der Waals surface area contributed by atoms with Crippen molar-refractivity contribution in [2.24, 2.45) is 5.16 Å². The van der Waals surface area contributed by atoms with Crippen LogP contribution in [-0.2, 0) is 30.3 Å². The number of ether oxygens (including phenoxy) is 5. The average molecular weight is 589 g/mol. The van der Waals surface area contributed by atoms with Gasteiger partial charge >= 0.3 is 5.97 Å². The van der Waals surface area contributed by atoms with E-state index in [1.807, 2.05) is 13.8 Å². The van der Waals surface area contributed by atoms with Gasteiger partial charge in [-0.25, -0.2) is 4.79 Å².